The smallest absolute Gasteiger partial charge is 0.296 e. The fraction of sp³-hybridized carbons (Fsp3) is 0.235. The van der Waals surface area contributed by atoms with Gasteiger partial charge in [0, 0.05) is 16.6 Å². The molecular formula is C17H18N2O3S3. The number of sulfonamides is 1. The van der Waals surface area contributed by atoms with Gasteiger partial charge in [-0.2, -0.15) is 0 Å². The zero-order chi connectivity index (χ0) is 18.2. The molecule has 0 saturated heterocycles. The van der Waals surface area contributed by atoms with Crippen molar-refractivity contribution in [1.29, 1.82) is 0 Å². The second kappa shape index (κ2) is 6.86. The zero-order valence-electron chi connectivity index (χ0n) is 14.0. The first-order valence-corrected chi connectivity index (χ1v) is 11.2. The first-order valence-electron chi connectivity index (χ1n) is 7.64. The van der Waals surface area contributed by atoms with Crippen molar-refractivity contribution in [2.24, 2.45) is 0 Å². The predicted molar refractivity (Wildman–Crippen MR) is 106 cm³/mol. The second-order valence-electron chi connectivity index (χ2n) is 5.80. The van der Waals surface area contributed by atoms with Crippen molar-refractivity contribution in [1.82, 2.24) is 4.57 Å². The average molecular weight is 395 g/mol. The van der Waals surface area contributed by atoms with Crippen molar-refractivity contribution in [2.75, 3.05) is 11.0 Å². The number of nitrogens with one attached hydrogen (secondary N) is 1. The highest BCUT2D eigenvalue weighted by molar-refractivity contribution is 7.98. The minimum atomic E-state index is -3.72. The number of hydrogen-bond acceptors (Lipinski definition) is 5. The third-order valence-electron chi connectivity index (χ3n) is 3.73. The van der Waals surface area contributed by atoms with Crippen molar-refractivity contribution in [3.8, 4) is 0 Å². The van der Waals surface area contributed by atoms with Crippen molar-refractivity contribution in [3.05, 3.63) is 52.1 Å². The highest BCUT2D eigenvalue weighted by Gasteiger charge is 2.18. The average Bonchev–Trinajstić information content (AvgIpc) is 2.89. The van der Waals surface area contributed by atoms with Gasteiger partial charge in [0.05, 0.1) is 15.1 Å². The Labute approximate surface area is 154 Å². The maximum Gasteiger partial charge on any atom is 0.308 e. The molecule has 1 aromatic heterocycles. The lowest BCUT2D eigenvalue weighted by atomic mass is 10.3. The quantitative estimate of drug-likeness (QED) is 0.660. The van der Waals surface area contributed by atoms with E-state index in [1.54, 1.807) is 46.7 Å². The van der Waals surface area contributed by atoms with Crippen LogP contribution in [0.15, 0.2) is 57.1 Å². The predicted octanol–water partition coefficient (Wildman–Crippen LogP) is 4.17. The van der Waals surface area contributed by atoms with Crippen LogP contribution < -0.4 is 9.60 Å². The first-order chi connectivity index (χ1) is 11.8. The van der Waals surface area contributed by atoms with E-state index < -0.39 is 10.0 Å². The molecule has 8 heteroatoms. The minimum Gasteiger partial charge on any atom is -0.296 e. The minimum absolute atomic E-state index is 0.0242. The Bertz CT molecular complexity index is 1080. The highest BCUT2D eigenvalue weighted by Crippen LogP contribution is 2.26. The lowest BCUT2D eigenvalue weighted by molar-refractivity contribution is 0.601. The third kappa shape index (κ3) is 3.61. The molecule has 0 amide bonds. The molecule has 0 atom stereocenters. The lowest BCUT2D eigenvalue weighted by Gasteiger charge is -2.10. The van der Waals surface area contributed by atoms with Crippen LogP contribution in [0.2, 0.25) is 0 Å². The van der Waals surface area contributed by atoms with Crippen LogP contribution in [0.4, 0.5) is 5.69 Å². The maximum absolute atomic E-state index is 12.7. The molecule has 0 aliphatic rings. The lowest BCUT2D eigenvalue weighted by Crippen LogP contribution is -2.15. The summed E-state index contributed by atoms with van der Waals surface area (Å²) in [5.41, 5.74) is 1.27. The Hall–Kier alpha value is -1.77. The van der Waals surface area contributed by atoms with Gasteiger partial charge in [0.1, 0.15) is 0 Å². The van der Waals surface area contributed by atoms with Crippen LogP contribution in [0, 0.1) is 0 Å². The van der Waals surface area contributed by atoms with Crippen LogP contribution in [-0.4, -0.2) is 19.2 Å². The molecule has 3 rings (SSSR count). The van der Waals surface area contributed by atoms with Crippen LogP contribution >= 0.6 is 23.1 Å². The Morgan fingerprint density at radius 3 is 2.60 bits per heavy atom. The van der Waals surface area contributed by atoms with E-state index in [-0.39, 0.29) is 15.8 Å². The number of aromatic nitrogens is 1. The monoisotopic (exact) mass is 394 g/mol. The largest absolute Gasteiger partial charge is 0.308 e. The van der Waals surface area contributed by atoms with E-state index in [0.717, 1.165) is 21.7 Å². The standard InChI is InChI=1S/C17H18N2O3S3/c1-11(2)19-15-8-7-14(10-16(15)24-17(19)20)25(21,22)18-12-5-4-6-13(9-12)23-3/h4-11,18H,1-3H3. The van der Waals surface area contributed by atoms with Gasteiger partial charge in [-0.3, -0.25) is 14.1 Å². The number of anilines is 1. The second-order valence-corrected chi connectivity index (χ2v) is 9.35. The molecule has 0 spiro atoms. The number of fused-ring (bicyclic) bond motifs is 1. The van der Waals surface area contributed by atoms with Gasteiger partial charge >= 0.3 is 4.87 Å². The van der Waals surface area contributed by atoms with E-state index in [9.17, 15) is 13.2 Å². The Balaban J connectivity index is 2.01. The van der Waals surface area contributed by atoms with E-state index >= 15 is 0 Å². The van der Waals surface area contributed by atoms with E-state index in [0.29, 0.717) is 10.4 Å². The maximum atomic E-state index is 12.7. The fourth-order valence-corrected chi connectivity index (χ4v) is 5.24. The first kappa shape index (κ1) is 18.0. The van der Waals surface area contributed by atoms with Gasteiger partial charge in [-0.05, 0) is 56.5 Å². The fourth-order valence-electron chi connectivity index (χ4n) is 2.57. The van der Waals surface area contributed by atoms with Crippen LogP contribution in [0.25, 0.3) is 10.2 Å². The highest BCUT2D eigenvalue weighted by atomic mass is 32.2. The summed E-state index contributed by atoms with van der Waals surface area (Å²) in [4.78, 5) is 13.2. The van der Waals surface area contributed by atoms with Crippen LogP contribution in [0.5, 0.6) is 0 Å². The molecule has 1 heterocycles. The molecule has 25 heavy (non-hydrogen) atoms. The van der Waals surface area contributed by atoms with E-state index in [2.05, 4.69) is 4.72 Å². The van der Waals surface area contributed by atoms with Gasteiger partial charge in [0.25, 0.3) is 10.0 Å². The van der Waals surface area contributed by atoms with E-state index in [4.69, 9.17) is 0 Å². The molecule has 0 fully saturated rings. The molecule has 2 aromatic carbocycles. The number of nitrogens with zero attached hydrogens (tertiary/aromatic N) is 1. The molecule has 0 radical (unpaired) electrons. The summed E-state index contributed by atoms with van der Waals surface area (Å²) in [7, 11) is -3.72. The number of hydrogen-bond donors (Lipinski definition) is 1. The third-order valence-corrected chi connectivity index (χ3v) is 6.76. The number of rotatable bonds is 5. The van der Waals surface area contributed by atoms with Crippen LogP contribution in [-0.2, 0) is 10.0 Å². The molecule has 0 aliphatic carbocycles. The van der Waals surface area contributed by atoms with Gasteiger partial charge in [0.15, 0.2) is 0 Å². The molecule has 0 saturated carbocycles. The van der Waals surface area contributed by atoms with Crippen molar-refractivity contribution < 1.29 is 8.42 Å². The molecule has 0 bridgehead atoms. The molecule has 0 aliphatic heterocycles. The SMILES string of the molecule is CSc1cccc(NS(=O)(=O)c2ccc3c(c2)sc(=O)n3C(C)C)c1. The normalized spacial score (nSPS) is 12.0. The molecule has 0 unspecified atom stereocenters. The summed E-state index contributed by atoms with van der Waals surface area (Å²) in [5, 5.41) is 0. The van der Waals surface area contributed by atoms with Gasteiger partial charge < -0.3 is 0 Å². The Morgan fingerprint density at radius 2 is 1.92 bits per heavy atom. The van der Waals surface area contributed by atoms with Crippen molar-refractivity contribution in [3.63, 3.8) is 0 Å². The molecule has 3 aromatic rings. The molecule has 5 nitrogen and oxygen atoms in total. The number of benzene rings is 2. The van der Waals surface area contributed by atoms with Crippen molar-refractivity contribution >= 4 is 49.0 Å². The number of thioether (sulfide) groups is 1. The van der Waals surface area contributed by atoms with E-state index in [1.807, 2.05) is 26.2 Å². The van der Waals surface area contributed by atoms with Crippen molar-refractivity contribution in [2.45, 2.75) is 29.7 Å². The Morgan fingerprint density at radius 1 is 1.16 bits per heavy atom. The summed E-state index contributed by atoms with van der Waals surface area (Å²) < 4.78 is 30.3. The van der Waals surface area contributed by atoms with Gasteiger partial charge in [0.2, 0.25) is 0 Å². The topological polar surface area (TPSA) is 68.2 Å². The molecule has 1 N–H and O–H groups in total. The van der Waals surface area contributed by atoms with Gasteiger partial charge in [-0.15, -0.1) is 11.8 Å². The summed E-state index contributed by atoms with van der Waals surface area (Å²) in [6.45, 7) is 3.86. The van der Waals surface area contributed by atoms with Crippen LogP contribution in [0.3, 0.4) is 0 Å². The summed E-state index contributed by atoms with van der Waals surface area (Å²) >= 11 is 2.60. The Kier molecular flexibility index (Phi) is 4.95. The van der Waals surface area contributed by atoms with E-state index in [1.165, 1.54) is 6.07 Å². The summed E-state index contributed by atoms with van der Waals surface area (Å²) in [5.74, 6) is 0. The summed E-state index contributed by atoms with van der Waals surface area (Å²) in [6, 6.07) is 12.0. The van der Waals surface area contributed by atoms with Gasteiger partial charge in [-0.25, -0.2) is 8.42 Å². The van der Waals surface area contributed by atoms with Gasteiger partial charge in [-0.1, -0.05) is 17.4 Å². The van der Waals surface area contributed by atoms with Crippen LogP contribution in [0.1, 0.15) is 19.9 Å². The molecule has 132 valence electrons. The summed E-state index contributed by atoms with van der Waals surface area (Å²) in [6.07, 6.45) is 1.93. The molecular weight excluding hydrogens is 376 g/mol. The zero-order valence-corrected chi connectivity index (χ0v) is 16.5. The number of thiazole rings is 1.